The summed E-state index contributed by atoms with van der Waals surface area (Å²) in [6.07, 6.45) is 21.0. The van der Waals surface area contributed by atoms with Gasteiger partial charge in [-0.1, -0.05) is 51.7 Å². The number of phenolic OH excluding ortho intramolecular Hbond substituents is 2. The molecule has 2 aromatic rings. The van der Waals surface area contributed by atoms with Gasteiger partial charge in [0, 0.05) is 12.1 Å². The van der Waals surface area contributed by atoms with Crippen molar-refractivity contribution in [3.8, 4) is 11.5 Å². The highest BCUT2D eigenvalue weighted by Crippen LogP contribution is 2.83. The van der Waals surface area contributed by atoms with Crippen LogP contribution >= 0.6 is 0 Å². The number of aromatic hydroxyl groups is 2. The van der Waals surface area contributed by atoms with Crippen molar-refractivity contribution >= 4 is 11.4 Å². The van der Waals surface area contributed by atoms with E-state index < -0.39 is 9.85 Å². The highest BCUT2D eigenvalue weighted by atomic mass is 16.6. The number of nitro benzene ring substituents is 2. The Bertz CT molecular complexity index is 1560. The van der Waals surface area contributed by atoms with Gasteiger partial charge < -0.3 is 10.2 Å². The molecule has 10 rings (SSSR count). The zero-order chi connectivity index (χ0) is 33.7. The van der Waals surface area contributed by atoms with Gasteiger partial charge >= 0.3 is 11.4 Å². The van der Waals surface area contributed by atoms with Gasteiger partial charge in [-0.05, 0) is 157 Å². The molecule has 8 aliphatic rings. The first kappa shape index (κ1) is 32.1. The van der Waals surface area contributed by atoms with E-state index in [0.29, 0.717) is 11.8 Å². The van der Waals surface area contributed by atoms with E-state index in [2.05, 4.69) is 13.8 Å². The Morgan fingerprint density at radius 3 is 1.42 bits per heavy atom. The van der Waals surface area contributed by atoms with Crippen molar-refractivity contribution in [1.82, 2.24) is 0 Å². The molecule has 8 atom stereocenters. The first-order valence-corrected chi connectivity index (χ1v) is 18.8. The normalized spacial score (nSPS) is 40.4. The minimum absolute atomic E-state index is 0.109. The van der Waals surface area contributed by atoms with Gasteiger partial charge in [-0.25, -0.2) is 0 Å². The fraction of sp³-hybridized carbons (Fsp3) is 0.700. The summed E-state index contributed by atoms with van der Waals surface area (Å²) in [5.41, 5.74) is 2.11. The third kappa shape index (κ3) is 4.59. The van der Waals surface area contributed by atoms with Crippen molar-refractivity contribution in [2.24, 2.45) is 33.5 Å². The maximum Gasteiger partial charge on any atom is 0.310 e. The van der Waals surface area contributed by atoms with Crippen LogP contribution in [0.4, 0.5) is 11.4 Å². The SMILES string of the molecule is CCCCC12CC3CC(c4ccc(O)c([N+](=O)[O-])c4)(C1)CC(C14CC5CC(CCCC)(CC(c6ccc(O)c([N+](=O)[O-])c6)(C5)C1)C4)(C3)C2. The van der Waals surface area contributed by atoms with E-state index in [1.54, 1.807) is 24.3 Å². The van der Waals surface area contributed by atoms with Gasteiger partial charge in [-0.15, -0.1) is 0 Å². The van der Waals surface area contributed by atoms with Gasteiger partial charge in [0.2, 0.25) is 0 Å². The molecule has 8 fully saturated rings. The Labute approximate surface area is 284 Å². The maximum atomic E-state index is 12.1. The molecule has 8 heteroatoms. The van der Waals surface area contributed by atoms with E-state index in [-0.39, 0.29) is 55.4 Å². The van der Waals surface area contributed by atoms with Crippen LogP contribution in [-0.4, -0.2) is 20.1 Å². The quantitative estimate of drug-likeness (QED) is 0.183. The van der Waals surface area contributed by atoms with Gasteiger partial charge in [0.15, 0.2) is 11.5 Å². The molecule has 48 heavy (non-hydrogen) atoms. The highest BCUT2D eigenvalue weighted by molar-refractivity contribution is 5.52. The van der Waals surface area contributed by atoms with Crippen molar-refractivity contribution in [2.75, 3.05) is 0 Å². The summed E-state index contributed by atoms with van der Waals surface area (Å²) >= 11 is 0. The standard InChI is InChI=1S/C40H52N2O6/c1-3-5-11-35-15-27-17-37(21-35,29-7-9-33(43)31(13-29)41(45)46)25-39(19-27,23-35)40-20-28-16-36(24-40,12-6-4-2)22-38(18-28,26-40)30-8-10-34(44)32(14-30)42(47)48/h7-10,13-14,27-28,43-44H,3-6,11-12,15-26H2,1-2H3. The Balaban J connectivity index is 1.29. The topological polar surface area (TPSA) is 127 Å². The lowest BCUT2D eigenvalue weighted by Gasteiger charge is -2.78. The average molecular weight is 657 g/mol. The summed E-state index contributed by atoms with van der Waals surface area (Å²) in [5, 5.41) is 45.1. The molecule has 0 spiro atoms. The molecular formula is C40H52N2O6. The van der Waals surface area contributed by atoms with E-state index >= 15 is 0 Å². The summed E-state index contributed by atoms with van der Waals surface area (Å²) in [4.78, 5) is 23.3. The van der Waals surface area contributed by atoms with Crippen LogP contribution < -0.4 is 0 Å². The summed E-state index contributed by atoms with van der Waals surface area (Å²) < 4.78 is 0. The highest BCUT2D eigenvalue weighted by Gasteiger charge is 2.74. The second-order valence-electron chi connectivity index (χ2n) is 18.3. The van der Waals surface area contributed by atoms with E-state index in [9.17, 15) is 30.4 Å². The Morgan fingerprint density at radius 2 is 1.04 bits per heavy atom. The lowest BCUT2D eigenvalue weighted by molar-refractivity contribution is -0.386. The number of unbranched alkanes of at least 4 members (excludes halogenated alkanes) is 2. The summed E-state index contributed by atoms with van der Waals surface area (Å²) in [5.74, 6) is 0.646. The summed E-state index contributed by atoms with van der Waals surface area (Å²) in [6, 6.07) is 10.5. The lowest BCUT2D eigenvalue weighted by atomic mass is 9.27. The molecule has 0 aromatic heterocycles. The lowest BCUT2D eigenvalue weighted by Crippen LogP contribution is -2.69. The van der Waals surface area contributed by atoms with Crippen LogP contribution in [0.15, 0.2) is 36.4 Å². The minimum atomic E-state index is -0.431. The fourth-order valence-corrected chi connectivity index (χ4v) is 14.8. The van der Waals surface area contributed by atoms with Gasteiger partial charge in [-0.3, -0.25) is 20.2 Å². The first-order chi connectivity index (χ1) is 22.8. The molecule has 0 radical (unpaired) electrons. The Morgan fingerprint density at radius 1 is 0.625 bits per heavy atom. The van der Waals surface area contributed by atoms with Crippen LogP contribution in [-0.2, 0) is 10.8 Å². The Hall–Kier alpha value is -3.16. The number of hydrogen-bond donors (Lipinski definition) is 2. The number of phenols is 2. The van der Waals surface area contributed by atoms with E-state index in [0.717, 1.165) is 62.5 Å². The molecule has 8 aliphatic carbocycles. The van der Waals surface area contributed by atoms with E-state index in [1.807, 2.05) is 12.1 Å². The van der Waals surface area contributed by atoms with Gasteiger partial charge in [0.05, 0.1) is 9.85 Å². The van der Waals surface area contributed by atoms with Crippen molar-refractivity contribution in [3.05, 3.63) is 67.8 Å². The molecule has 0 saturated heterocycles. The maximum absolute atomic E-state index is 12.1. The number of hydrogen-bond acceptors (Lipinski definition) is 6. The molecule has 8 bridgehead atoms. The zero-order valence-corrected chi connectivity index (χ0v) is 28.8. The van der Waals surface area contributed by atoms with Crippen molar-refractivity contribution in [2.45, 2.75) is 140 Å². The first-order valence-electron chi connectivity index (χ1n) is 18.8. The molecule has 0 amide bonds. The van der Waals surface area contributed by atoms with Gasteiger partial charge in [0.1, 0.15) is 0 Å². The predicted octanol–water partition coefficient (Wildman–Crippen LogP) is 10.4. The minimum Gasteiger partial charge on any atom is -0.502 e. The molecule has 8 nitrogen and oxygen atoms in total. The molecule has 2 aromatic carbocycles. The van der Waals surface area contributed by atoms with Crippen molar-refractivity contribution in [3.63, 3.8) is 0 Å². The number of nitro groups is 2. The molecular weight excluding hydrogens is 604 g/mol. The van der Waals surface area contributed by atoms with E-state index in [1.165, 1.54) is 64.2 Å². The van der Waals surface area contributed by atoms with Gasteiger partial charge in [-0.2, -0.15) is 0 Å². The van der Waals surface area contributed by atoms with Crippen LogP contribution in [0.1, 0.15) is 141 Å². The molecule has 0 heterocycles. The number of nitrogens with zero attached hydrogens (tertiary/aromatic N) is 2. The molecule has 8 unspecified atom stereocenters. The van der Waals surface area contributed by atoms with E-state index in [4.69, 9.17) is 0 Å². The summed E-state index contributed by atoms with van der Waals surface area (Å²) in [7, 11) is 0. The number of benzene rings is 2. The average Bonchev–Trinajstić information content (AvgIpc) is 3.01. The van der Waals surface area contributed by atoms with Crippen LogP contribution in [0.2, 0.25) is 0 Å². The smallest absolute Gasteiger partial charge is 0.310 e. The number of rotatable bonds is 11. The second-order valence-corrected chi connectivity index (χ2v) is 18.3. The Kier molecular flexibility index (Phi) is 7.13. The molecule has 2 N–H and O–H groups in total. The monoisotopic (exact) mass is 656 g/mol. The zero-order valence-electron chi connectivity index (χ0n) is 28.8. The largest absolute Gasteiger partial charge is 0.502 e. The third-order valence-corrected chi connectivity index (χ3v) is 15.2. The molecule has 8 saturated carbocycles. The second kappa shape index (κ2) is 10.7. The fourth-order valence-electron chi connectivity index (χ4n) is 14.8. The van der Waals surface area contributed by atoms with Crippen LogP contribution in [0.25, 0.3) is 0 Å². The van der Waals surface area contributed by atoms with Crippen LogP contribution in [0.5, 0.6) is 11.5 Å². The summed E-state index contributed by atoms with van der Waals surface area (Å²) in [6.45, 7) is 4.57. The molecule has 0 aliphatic heterocycles. The van der Waals surface area contributed by atoms with Crippen LogP contribution in [0.3, 0.4) is 0 Å². The molecule has 258 valence electrons. The third-order valence-electron chi connectivity index (χ3n) is 15.2. The van der Waals surface area contributed by atoms with Crippen LogP contribution in [0, 0.1) is 53.7 Å². The van der Waals surface area contributed by atoms with Crippen molar-refractivity contribution < 1.29 is 20.1 Å². The van der Waals surface area contributed by atoms with Gasteiger partial charge in [0.25, 0.3) is 0 Å². The van der Waals surface area contributed by atoms with Crippen molar-refractivity contribution in [1.29, 1.82) is 0 Å². The predicted molar refractivity (Wildman–Crippen MR) is 184 cm³/mol.